The minimum atomic E-state index is 0.0267. The summed E-state index contributed by atoms with van der Waals surface area (Å²) in [6.07, 6.45) is 0.471. The molecular weight excluding hydrogens is 232 g/mol. The minimum Gasteiger partial charge on any atom is -0.504 e. The van der Waals surface area contributed by atoms with Crippen molar-refractivity contribution in [2.75, 3.05) is 6.61 Å². The molecule has 2 N–H and O–H groups in total. The highest BCUT2D eigenvalue weighted by atomic mass is 16.4. The lowest BCUT2D eigenvalue weighted by molar-refractivity contribution is 0.300. The molecule has 3 aromatic rings. The van der Waals surface area contributed by atoms with Gasteiger partial charge in [0.25, 0.3) is 0 Å². The van der Waals surface area contributed by atoms with Gasteiger partial charge in [0.1, 0.15) is 17.1 Å². The summed E-state index contributed by atoms with van der Waals surface area (Å²) in [4.78, 5) is 0. The van der Waals surface area contributed by atoms with Gasteiger partial charge in [-0.05, 0) is 32.4 Å². The van der Waals surface area contributed by atoms with Gasteiger partial charge in [0, 0.05) is 17.6 Å². The van der Waals surface area contributed by atoms with E-state index in [2.05, 4.69) is 0 Å². The molecule has 0 saturated carbocycles. The van der Waals surface area contributed by atoms with Crippen LogP contribution in [0.3, 0.4) is 0 Å². The summed E-state index contributed by atoms with van der Waals surface area (Å²) in [6, 6.07) is 3.64. The number of hydrogen-bond acceptors (Lipinski definition) is 4. The smallest absolute Gasteiger partial charge is 0.177 e. The Morgan fingerprint density at radius 2 is 1.61 bits per heavy atom. The topological polar surface area (TPSA) is 66.7 Å². The molecule has 0 aliphatic heterocycles. The van der Waals surface area contributed by atoms with Crippen molar-refractivity contribution in [1.82, 2.24) is 0 Å². The standard InChI is InChI=1S/C14H14O4/c1-7-5-10-9(3-4-15)13-11(6-8(2)17-13)12(16)14(10)18-7/h5-6,15-16H,3-4H2,1-2H3. The molecule has 0 bridgehead atoms. The van der Waals surface area contributed by atoms with Crippen molar-refractivity contribution in [1.29, 1.82) is 0 Å². The first-order valence-electron chi connectivity index (χ1n) is 5.86. The number of phenolic OH excluding ortho intramolecular Hbond substituents is 1. The Balaban J connectivity index is 2.51. The van der Waals surface area contributed by atoms with Crippen molar-refractivity contribution in [3.05, 3.63) is 29.2 Å². The van der Waals surface area contributed by atoms with Crippen LogP contribution in [0.4, 0.5) is 0 Å². The largest absolute Gasteiger partial charge is 0.504 e. The number of aromatic hydroxyl groups is 1. The molecule has 0 atom stereocenters. The van der Waals surface area contributed by atoms with E-state index in [0.29, 0.717) is 23.0 Å². The fourth-order valence-corrected chi connectivity index (χ4v) is 2.43. The Morgan fingerprint density at radius 3 is 2.28 bits per heavy atom. The molecule has 1 aromatic carbocycles. The van der Waals surface area contributed by atoms with Crippen molar-refractivity contribution in [3.8, 4) is 5.75 Å². The number of benzene rings is 1. The number of aryl methyl sites for hydroxylation is 2. The van der Waals surface area contributed by atoms with E-state index in [4.69, 9.17) is 8.83 Å². The van der Waals surface area contributed by atoms with Crippen LogP contribution in [0, 0.1) is 13.8 Å². The predicted molar refractivity (Wildman–Crippen MR) is 67.9 cm³/mol. The quantitative estimate of drug-likeness (QED) is 0.729. The van der Waals surface area contributed by atoms with Crippen LogP contribution in [0.2, 0.25) is 0 Å². The highest BCUT2D eigenvalue weighted by Crippen LogP contribution is 2.40. The molecule has 0 fully saturated rings. The van der Waals surface area contributed by atoms with Crippen LogP contribution in [-0.2, 0) is 6.42 Å². The van der Waals surface area contributed by atoms with Crippen LogP contribution < -0.4 is 0 Å². The van der Waals surface area contributed by atoms with Crippen molar-refractivity contribution in [2.45, 2.75) is 20.3 Å². The Bertz CT molecular complexity index is 675. The van der Waals surface area contributed by atoms with Crippen LogP contribution >= 0.6 is 0 Å². The maximum Gasteiger partial charge on any atom is 0.177 e. The van der Waals surface area contributed by atoms with Gasteiger partial charge >= 0.3 is 0 Å². The molecule has 0 radical (unpaired) electrons. The minimum absolute atomic E-state index is 0.0267. The third-order valence-electron chi connectivity index (χ3n) is 3.14. The van der Waals surface area contributed by atoms with Gasteiger partial charge in [-0.3, -0.25) is 0 Å². The van der Waals surface area contributed by atoms with E-state index in [1.807, 2.05) is 19.9 Å². The molecule has 0 amide bonds. The summed E-state index contributed by atoms with van der Waals surface area (Å²) in [7, 11) is 0. The molecule has 2 heterocycles. The van der Waals surface area contributed by atoms with Gasteiger partial charge in [-0.1, -0.05) is 0 Å². The lowest BCUT2D eigenvalue weighted by Gasteiger charge is -2.04. The fourth-order valence-electron chi connectivity index (χ4n) is 2.43. The van der Waals surface area contributed by atoms with Crippen LogP contribution in [0.25, 0.3) is 21.9 Å². The van der Waals surface area contributed by atoms with E-state index in [0.717, 1.165) is 22.5 Å². The first-order chi connectivity index (χ1) is 8.61. The summed E-state index contributed by atoms with van der Waals surface area (Å²) in [5.74, 6) is 1.55. The predicted octanol–water partition coefficient (Wildman–Crippen LogP) is 3.04. The highest BCUT2D eigenvalue weighted by molar-refractivity contribution is 6.04. The SMILES string of the molecule is Cc1cc2c(CCO)c3oc(C)cc3c(O)c2o1. The molecule has 18 heavy (non-hydrogen) atoms. The Hall–Kier alpha value is -1.94. The van der Waals surface area contributed by atoms with Crippen molar-refractivity contribution >= 4 is 21.9 Å². The lowest BCUT2D eigenvalue weighted by atomic mass is 10.0. The maximum absolute atomic E-state index is 10.2. The van der Waals surface area contributed by atoms with Gasteiger partial charge in [-0.25, -0.2) is 0 Å². The first-order valence-corrected chi connectivity index (χ1v) is 5.86. The molecule has 0 saturated heterocycles. The molecule has 3 rings (SSSR count). The van der Waals surface area contributed by atoms with Crippen molar-refractivity contribution in [2.24, 2.45) is 0 Å². The number of phenols is 1. The van der Waals surface area contributed by atoms with Crippen molar-refractivity contribution in [3.63, 3.8) is 0 Å². The third-order valence-corrected chi connectivity index (χ3v) is 3.14. The Morgan fingerprint density at radius 1 is 1.00 bits per heavy atom. The van der Waals surface area contributed by atoms with E-state index >= 15 is 0 Å². The molecule has 4 heteroatoms. The average molecular weight is 246 g/mol. The Kier molecular flexibility index (Phi) is 2.35. The van der Waals surface area contributed by atoms with Crippen LogP contribution in [0.15, 0.2) is 21.0 Å². The summed E-state index contributed by atoms with van der Waals surface area (Å²) in [6.45, 7) is 3.68. The third kappa shape index (κ3) is 1.42. The normalized spacial score (nSPS) is 11.7. The summed E-state index contributed by atoms with van der Waals surface area (Å²) in [5.41, 5.74) is 1.97. The van der Waals surface area contributed by atoms with Gasteiger partial charge in [-0.2, -0.15) is 0 Å². The number of aliphatic hydroxyl groups is 1. The van der Waals surface area contributed by atoms with E-state index in [1.54, 1.807) is 6.07 Å². The maximum atomic E-state index is 10.2. The number of aliphatic hydroxyl groups excluding tert-OH is 1. The van der Waals surface area contributed by atoms with Gasteiger partial charge in [0.2, 0.25) is 0 Å². The highest BCUT2D eigenvalue weighted by Gasteiger charge is 2.19. The second-order valence-electron chi connectivity index (χ2n) is 4.50. The molecule has 2 aromatic heterocycles. The molecule has 0 unspecified atom stereocenters. The number of furan rings is 2. The fraction of sp³-hybridized carbons (Fsp3) is 0.286. The molecule has 0 spiro atoms. The second kappa shape index (κ2) is 3.78. The molecule has 4 nitrogen and oxygen atoms in total. The van der Waals surface area contributed by atoms with Crippen molar-refractivity contribution < 1.29 is 19.0 Å². The Labute approximate surface area is 103 Å². The molecule has 94 valence electrons. The second-order valence-corrected chi connectivity index (χ2v) is 4.50. The number of fused-ring (bicyclic) bond motifs is 2. The summed E-state index contributed by atoms with van der Waals surface area (Å²) < 4.78 is 11.2. The number of hydrogen-bond donors (Lipinski definition) is 2. The van der Waals surface area contributed by atoms with Crippen LogP contribution in [0.1, 0.15) is 17.1 Å². The summed E-state index contributed by atoms with van der Waals surface area (Å²) in [5, 5.41) is 20.8. The van der Waals surface area contributed by atoms with Gasteiger partial charge in [-0.15, -0.1) is 0 Å². The zero-order valence-corrected chi connectivity index (χ0v) is 10.3. The van der Waals surface area contributed by atoms with Gasteiger partial charge < -0.3 is 19.0 Å². The zero-order chi connectivity index (χ0) is 12.9. The molecule has 0 aliphatic rings. The molecule has 0 aliphatic carbocycles. The van der Waals surface area contributed by atoms with E-state index < -0.39 is 0 Å². The van der Waals surface area contributed by atoms with Crippen LogP contribution in [0.5, 0.6) is 5.75 Å². The van der Waals surface area contributed by atoms with E-state index in [9.17, 15) is 10.2 Å². The average Bonchev–Trinajstić information content (AvgIpc) is 2.88. The zero-order valence-electron chi connectivity index (χ0n) is 10.3. The van der Waals surface area contributed by atoms with E-state index in [1.165, 1.54) is 0 Å². The molecular formula is C14H14O4. The number of rotatable bonds is 2. The monoisotopic (exact) mass is 246 g/mol. The summed E-state index contributed by atoms with van der Waals surface area (Å²) >= 11 is 0. The van der Waals surface area contributed by atoms with Gasteiger partial charge in [0.05, 0.1) is 5.39 Å². The lowest BCUT2D eigenvalue weighted by Crippen LogP contribution is -1.92. The first kappa shape index (κ1) is 11.2. The van der Waals surface area contributed by atoms with Crippen LogP contribution in [-0.4, -0.2) is 16.8 Å². The van der Waals surface area contributed by atoms with Gasteiger partial charge in [0.15, 0.2) is 11.3 Å². The van der Waals surface area contributed by atoms with E-state index in [-0.39, 0.29) is 12.4 Å².